The summed E-state index contributed by atoms with van der Waals surface area (Å²) >= 11 is 1.42. The second-order valence-corrected chi connectivity index (χ2v) is 9.78. The van der Waals surface area contributed by atoms with Crippen molar-refractivity contribution in [1.82, 2.24) is 4.31 Å². The normalized spacial score (nSPS) is 22.2. The Morgan fingerprint density at radius 2 is 2.05 bits per heavy atom. The summed E-state index contributed by atoms with van der Waals surface area (Å²) in [7, 11) is -3.36. The number of hydrogen-bond acceptors (Lipinski definition) is 4. The van der Waals surface area contributed by atoms with E-state index in [0.717, 1.165) is 24.1 Å². The standard InChI is InChI=1S/C15H26N2O2S2/c1-15(2,3)12-5-4-7-17(8-6-12)21(18,19)14-9-13(10-16)20-11-14/h9,11-12H,4-8,10,16H2,1-3H3. The maximum atomic E-state index is 12.7. The molecule has 0 aromatic carbocycles. The lowest BCUT2D eigenvalue weighted by Crippen LogP contribution is -2.32. The van der Waals surface area contributed by atoms with Crippen molar-refractivity contribution in [3.63, 3.8) is 0 Å². The quantitative estimate of drug-likeness (QED) is 0.926. The van der Waals surface area contributed by atoms with Crippen LogP contribution in [0, 0.1) is 11.3 Å². The van der Waals surface area contributed by atoms with E-state index in [4.69, 9.17) is 5.73 Å². The van der Waals surface area contributed by atoms with Crippen LogP contribution in [0.5, 0.6) is 0 Å². The summed E-state index contributed by atoms with van der Waals surface area (Å²) < 4.78 is 27.1. The summed E-state index contributed by atoms with van der Waals surface area (Å²) in [6.07, 6.45) is 2.98. The van der Waals surface area contributed by atoms with Crippen LogP contribution in [0.25, 0.3) is 0 Å². The van der Waals surface area contributed by atoms with E-state index in [1.165, 1.54) is 11.3 Å². The Kier molecular flexibility index (Phi) is 5.13. The molecule has 0 aliphatic carbocycles. The fourth-order valence-corrected chi connectivity index (χ4v) is 5.56. The molecule has 0 bridgehead atoms. The first-order chi connectivity index (χ1) is 9.75. The van der Waals surface area contributed by atoms with Gasteiger partial charge in [-0.05, 0) is 36.7 Å². The molecule has 6 heteroatoms. The lowest BCUT2D eigenvalue weighted by molar-refractivity contribution is 0.217. The molecular formula is C15H26N2O2S2. The second-order valence-electron chi connectivity index (χ2n) is 6.85. The molecule has 1 unspecified atom stereocenters. The van der Waals surface area contributed by atoms with Crippen molar-refractivity contribution in [2.75, 3.05) is 13.1 Å². The first-order valence-electron chi connectivity index (χ1n) is 7.53. The molecule has 1 atom stereocenters. The van der Waals surface area contributed by atoms with Gasteiger partial charge in [0.1, 0.15) is 0 Å². The van der Waals surface area contributed by atoms with Gasteiger partial charge in [-0.2, -0.15) is 4.31 Å². The number of rotatable bonds is 3. The van der Waals surface area contributed by atoms with E-state index in [-0.39, 0.29) is 5.41 Å². The van der Waals surface area contributed by atoms with Gasteiger partial charge in [-0.1, -0.05) is 20.8 Å². The summed E-state index contributed by atoms with van der Waals surface area (Å²) in [4.78, 5) is 1.32. The molecule has 0 spiro atoms. The van der Waals surface area contributed by atoms with Crippen molar-refractivity contribution in [2.45, 2.75) is 51.5 Å². The zero-order valence-electron chi connectivity index (χ0n) is 13.1. The molecular weight excluding hydrogens is 304 g/mol. The molecule has 1 aromatic rings. The van der Waals surface area contributed by atoms with Crippen LogP contribution in [0.4, 0.5) is 0 Å². The summed E-state index contributed by atoms with van der Waals surface area (Å²) in [5.74, 6) is 0.583. The topological polar surface area (TPSA) is 63.4 Å². The van der Waals surface area contributed by atoms with Gasteiger partial charge in [0, 0.05) is 29.9 Å². The van der Waals surface area contributed by atoms with E-state index in [0.29, 0.717) is 30.4 Å². The molecule has 0 radical (unpaired) electrons. The van der Waals surface area contributed by atoms with Crippen LogP contribution < -0.4 is 5.73 Å². The number of sulfonamides is 1. The van der Waals surface area contributed by atoms with E-state index in [1.807, 2.05) is 0 Å². The molecule has 2 N–H and O–H groups in total. The van der Waals surface area contributed by atoms with Crippen molar-refractivity contribution in [3.05, 3.63) is 16.3 Å². The Morgan fingerprint density at radius 3 is 2.62 bits per heavy atom. The van der Waals surface area contributed by atoms with Gasteiger partial charge in [0.05, 0.1) is 4.90 Å². The Balaban J connectivity index is 2.14. The third-order valence-corrected chi connectivity index (χ3v) is 7.37. The SMILES string of the molecule is CC(C)(C)C1CCCN(S(=O)(=O)c2csc(CN)c2)CC1. The minimum atomic E-state index is -3.36. The van der Waals surface area contributed by atoms with Gasteiger partial charge in [0.2, 0.25) is 10.0 Å². The maximum Gasteiger partial charge on any atom is 0.243 e. The molecule has 1 fully saturated rings. The summed E-state index contributed by atoms with van der Waals surface area (Å²) in [5.41, 5.74) is 5.82. The Morgan fingerprint density at radius 1 is 1.33 bits per heavy atom. The van der Waals surface area contributed by atoms with Crippen molar-refractivity contribution in [2.24, 2.45) is 17.1 Å². The predicted molar refractivity (Wildman–Crippen MR) is 87.8 cm³/mol. The van der Waals surface area contributed by atoms with Gasteiger partial charge >= 0.3 is 0 Å². The molecule has 21 heavy (non-hydrogen) atoms. The molecule has 1 aromatic heterocycles. The third-order valence-electron chi connectivity index (χ3n) is 4.38. The molecule has 1 aliphatic rings. The minimum absolute atomic E-state index is 0.245. The van der Waals surface area contributed by atoms with Gasteiger partial charge in [-0.3, -0.25) is 0 Å². The van der Waals surface area contributed by atoms with Crippen LogP contribution in [-0.4, -0.2) is 25.8 Å². The average Bonchev–Trinajstić information content (AvgIpc) is 2.73. The monoisotopic (exact) mass is 330 g/mol. The van der Waals surface area contributed by atoms with Crippen LogP contribution in [-0.2, 0) is 16.6 Å². The molecule has 4 nitrogen and oxygen atoms in total. The molecule has 2 heterocycles. The highest BCUT2D eigenvalue weighted by atomic mass is 32.2. The summed E-state index contributed by atoms with van der Waals surface area (Å²) in [5, 5.41) is 1.71. The zero-order chi connectivity index (χ0) is 15.7. The molecule has 1 aliphatic heterocycles. The molecule has 120 valence electrons. The largest absolute Gasteiger partial charge is 0.326 e. The molecule has 1 saturated heterocycles. The fraction of sp³-hybridized carbons (Fsp3) is 0.733. The highest BCUT2D eigenvalue weighted by Crippen LogP contribution is 2.35. The van der Waals surface area contributed by atoms with E-state index >= 15 is 0 Å². The van der Waals surface area contributed by atoms with Crippen molar-refractivity contribution >= 4 is 21.4 Å². The zero-order valence-corrected chi connectivity index (χ0v) is 14.8. The van der Waals surface area contributed by atoms with Crippen LogP contribution in [0.1, 0.15) is 44.9 Å². The Bertz CT molecular complexity index is 573. The Labute approximate surface area is 132 Å². The summed E-state index contributed by atoms with van der Waals surface area (Å²) in [6.45, 7) is 8.38. The summed E-state index contributed by atoms with van der Waals surface area (Å²) in [6, 6.07) is 1.71. The third kappa shape index (κ3) is 3.86. The molecule has 0 saturated carbocycles. The number of hydrogen-bond donors (Lipinski definition) is 1. The van der Waals surface area contributed by atoms with Crippen molar-refractivity contribution < 1.29 is 8.42 Å². The first kappa shape index (κ1) is 16.9. The van der Waals surface area contributed by atoms with Crippen molar-refractivity contribution in [1.29, 1.82) is 0 Å². The maximum absolute atomic E-state index is 12.7. The van der Waals surface area contributed by atoms with Gasteiger partial charge in [0.15, 0.2) is 0 Å². The van der Waals surface area contributed by atoms with E-state index in [1.54, 1.807) is 15.8 Å². The molecule has 0 amide bonds. The number of nitrogens with zero attached hydrogens (tertiary/aromatic N) is 1. The second kappa shape index (κ2) is 6.36. The number of nitrogens with two attached hydrogens (primary N) is 1. The van der Waals surface area contributed by atoms with Crippen LogP contribution in [0.15, 0.2) is 16.3 Å². The molecule has 2 rings (SSSR count). The van der Waals surface area contributed by atoms with Gasteiger partial charge in [-0.15, -0.1) is 11.3 Å². The lowest BCUT2D eigenvalue weighted by Gasteiger charge is -2.29. The number of thiophene rings is 1. The van der Waals surface area contributed by atoms with Gasteiger partial charge < -0.3 is 5.73 Å². The van der Waals surface area contributed by atoms with Crippen molar-refractivity contribution in [3.8, 4) is 0 Å². The van der Waals surface area contributed by atoms with E-state index in [2.05, 4.69) is 20.8 Å². The average molecular weight is 331 g/mol. The van der Waals surface area contributed by atoms with Gasteiger partial charge in [-0.25, -0.2) is 8.42 Å². The van der Waals surface area contributed by atoms with Gasteiger partial charge in [0.25, 0.3) is 0 Å². The van der Waals surface area contributed by atoms with E-state index < -0.39 is 10.0 Å². The highest BCUT2D eigenvalue weighted by molar-refractivity contribution is 7.89. The van der Waals surface area contributed by atoms with Crippen LogP contribution in [0.3, 0.4) is 0 Å². The fourth-order valence-electron chi connectivity index (χ4n) is 2.93. The van der Waals surface area contributed by atoms with Crippen LogP contribution in [0.2, 0.25) is 0 Å². The smallest absolute Gasteiger partial charge is 0.243 e. The van der Waals surface area contributed by atoms with E-state index in [9.17, 15) is 8.42 Å². The van der Waals surface area contributed by atoms with Crippen LogP contribution >= 0.6 is 11.3 Å². The minimum Gasteiger partial charge on any atom is -0.326 e. The lowest BCUT2D eigenvalue weighted by atomic mass is 9.77. The first-order valence-corrected chi connectivity index (χ1v) is 9.85. The highest BCUT2D eigenvalue weighted by Gasteiger charge is 2.32. The Hall–Kier alpha value is -0.430. The predicted octanol–water partition coefficient (Wildman–Crippen LogP) is 3.04.